The van der Waals surface area contributed by atoms with E-state index >= 15 is 0 Å². The molecule has 2 aromatic carbocycles. The van der Waals surface area contributed by atoms with E-state index in [0.717, 1.165) is 10.2 Å². The van der Waals surface area contributed by atoms with Crippen molar-refractivity contribution in [2.75, 3.05) is 14.2 Å². The lowest BCUT2D eigenvalue weighted by molar-refractivity contribution is -0.148. The molecule has 7 nitrogen and oxygen atoms in total. The van der Waals surface area contributed by atoms with Crippen LogP contribution in [-0.2, 0) is 16.1 Å². The Morgan fingerprint density at radius 1 is 1.07 bits per heavy atom. The molecule has 1 unspecified atom stereocenters. The van der Waals surface area contributed by atoms with E-state index in [1.165, 1.54) is 25.6 Å². The molecule has 1 atom stereocenters. The average molecular weight is 429 g/mol. The van der Waals surface area contributed by atoms with E-state index in [0.29, 0.717) is 22.1 Å². The summed E-state index contributed by atoms with van der Waals surface area (Å²) in [5.41, 5.74) is 1.20. The molecule has 0 saturated heterocycles. The van der Waals surface area contributed by atoms with Crippen LogP contribution in [-0.4, -0.2) is 37.1 Å². The first-order chi connectivity index (χ1) is 14.4. The number of nitrogens with zero attached hydrogens (tertiary/aromatic N) is 1. The molecule has 1 amide bonds. The molecule has 3 aromatic rings. The van der Waals surface area contributed by atoms with E-state index in [1.807, 2.05) is 38.1 Å². The van der Waals surface area contributed by atoms with Crippen LogP contribution in [0, 0.1) is 5.92 Å². The molecule has 0 aliphatic rings. The molecule has 0 aliphatic heterocycles. The number of ether oxygens (including phenoxy) is 3. The van der Waals surface area contributed by atoms with Crippen molar-refractivity contribution in [3.63, 3.8) is 0 Å². The summed E-state index contributed by atoms with van der Waals surface area (Å²) in [5, 5.41) is 3.46. The first-order valence-electron chi connectivity index (χ1n) is 9.46. The van der Waals surface area contributed by atoms with Crippen molar-refractivity contribution in [1.29, 1.82) is 0 Å². The van der Waals surface area contributed by atoms with E-state index in [-0.39, 0.29) is 12.5 Å². The first-order valence-corrected chi connectivity index (χ1v) is 10.3. The van der Waals surface area contributed by atoms with Crippen molar-refractivity contribution in [3.05, 3.63) is 53.0 Å². The number of thiazole rings is 1. The zero-order chi connectivity index (χ0) is 21.7. The van der Waals surface area contributed by atoms with Gasteiger partial charge >= 0.3 is 5.97 Å². The number of nitrogens with one attached hydrogen (secondary N) is 1. The van der Waals surface area contributed by atoms with Gasteiger partial charge in [0.2, 0.25) is 0 Å². The molecule has 158 valence electrons. The molecule has 1 N–H and O–H groups in total. The van der Waals surface area contributed by atoms with Crippen LogP contribution in [0.3, 0.4) is 0 Å². The minimum Gasteiger partial charge on any atom is -0.497 e. The third-order valence-corrected chi connectivity index (χ3v) is 5.51. The third-order valence-electron chi connectivity index (χ3n) is 4.50. The summed E-state index contributed by atoms with van der Waals surface area (Å²) >= 11 is 1.47. The van der Waals surface area contributed by atoms with Crippen LogP contribution in [0.2, 0.25) is 0 Å². The fraction of sp³-hybridized carbons (Fsp3) is 0.318. The van der Waals surface area contributed by atoms with E-state index in [4.69, 9.17) is 14.2 Å². The van der Waals surface area contributed by atoms with Crippen LogP contribution >= 0.6 is 11.3 Å². The fourth-order valence-corrected chi connectivity index (χ4v) is 3.75. The van der Waals surface area contributed by atoms with Crippen LogP contribution in [0.15, 0.2) is 42.5 Å². The molecule has 3 rings (SSSR count). The van der Waals surface area contributed by atoms with Crippen molar-refractivity contribution in [3.8, 4) is 11.5 Å². The van der Waals surface area contributed by atoms with E-state index in [1.54, 1.807) is 18.2 Å². The number of methoxy groups -OCH3 is 2. The Morgan fingerprint density at radius 3 is 2.33 bits per heavy atom. The predicted octanol–water partition coefficient (Wildman–Crippen LogP) is 3.81. The Morgan fingerprint density at radius 2 is 1.73 bits per heavy atom. The highest BCUT2D eigenvalue weighted by Crippen LogP contribution is 2.24. The highest BCUT2D eigenvalue weighted by molar-refractivity contribution is 7.18. The zero-order valence-electron chi connectivity index (χ0n) is 17.3. The number of para-hydroxylation sites is 1. The summed E-state index contributed by atoms with van der Waals surface area (Å²) in [6, 6.07) is 11.8. The normalized spacial score (nSPS) is 11.9. The second-order valence-electron chi connectivity index (χ2n) is 6.98. The zero-order valence-corrected chi connectivity index (χ0v) is 18.1. The summed E-state index contributed by atoms with van der Waals surface area (Å²) in [6.07, 6.45) is 0. The number of carbonyl (C=O) groups excluding carboxylic acids is 2. The van der Waals surface area contributed by atoms with Gasteiger partial charge in [0.15, 0.2) is 0 Å². The van der Waals surface area contributed by atoms with Crippen LogP contribution < -0.4 is 14.8 Å². The SMILES string of the molecule is COc1cc(OC)cc(C(=O)NC(C(=O)OCc2nc3ccccc3s2)C(C)C)c1. The maximum Gasteiger partial charge on any atom is 0.329 e. The van der Waals surface area contributed by atoms with Gasteiger partial charge in [-0.3, -0.25) is 4.79 Å². The highest BCUT2D eigenvalue weighted by atomic mass is 32.1. The average Bonchev–Trinajstić information content (AvgIpc) is 3.18. The number of aromatic nitrogens is 1. The van der Waals surface area contributed by atoms with Crippen LogP contribution in [0.25, 0.3) is 10.2 Å². The second kappa shape index (κ2) is 9.58. The number of esters is 1. The molecule has 0 bridgehead atoms. The first kappa shape index (κ1) is 21.6. The Hall–Kier alpha value is -3.13. The fourth-order valence-electron chi connectivity index (χ4n) is 2.87. The van der Waals surface area contributed by atoms with Gasteiger partial charge in [-0.1, -0.05) is 26.0 Å². The van der Waals surface area contributed by atoms with Crippen LogP contribution in [0.5, 0.6) is 11.5 Å². The van der Waals surface area contributed by atoms with E-state index < -0.39 is 17.9 Å². The molecule has 0 spiro atoms. The van der Waals surface area contributed by atoms with E-state index in [2.05, 4.69) is 10.3 Å². The van der Waals surface area contributed by atoms with Crippen molar-refractivity contribution < 1.29 is 23.8 Å². The molecular weight excluding hydrogens is 404 g/mol. The number of fused-ring (bicyclic) bond motifs is 1. The van der Waals surface area contributed by atoms with Gasteiger partial charge in [-0.15, -0.1) is 11.3 Å². The Kier molecular flexibility index (Phi) is 6.89. The maximum atomic E-state index is 12.8. The Bertz CT molecular complexity index is 992. The summed E-state index contributed by atoms with van der Waals surface area (Å²) < 4.78 is 16.9. The largest absolute Gasteiger partial charge is 0.497 e. The topological polar surface area (TPSA) is 86.8 Å². The van der Waals surface area contributed by atoms with Gasteiger partial charge in [0.25, 0.3) is 5.91 Å². The molecule has 0 aliphatic carbocycles. The maximum absolute atomic E-state index is 12.8. The van der Waals surface area contributed by atoms with Gasteiger partial charge in [-0.05, 0) is 30.2 Å². The standard InChI is InChI=1S/C22H24N2O5S/c1-13(2)20(24-21(25)14-9-15(27-3)11-16(10-14)28-4)22(26)29-12-19-23-17-7-5-6-8-18(17)30-19/h5-11,13,20H,12H2,1-4H3,(H,24,25). The lowest BCUT2D eigenvalue weighted by Gasteiger charge is -2.21. The minimum absolute atomic E-state index is 0.0598. The summed E-state index contributed by atoms with van der Waals surface area (Å²) in [5.74, 6) is -0.113. The number of amides is 1. The van der Waals surface area contributed by atoms with Gasteiger partial charge in [0, 0.05) is 11.6 Å². The third kappa shape index (κ3) is 5.07. The molecule has 1 aromatic heterocycles. The molecule has 0 radical (unpaired) electrons. The lowest BCUT2D eigenvalue weighted by Crippen LogP contribution is -2.45. The van der Waals surface area contributed by atoms with Crippen molar-refractivity contribution in [2.45, 2.75) is 26.5 Å². The molecule has 1 heterocycles. The van der Waals surface area contributed by atoms with Gasteiger partial charge < -0.3 is 19.5 Å². The number of hydrogen-bond donors (Lipinski definition) is 1. The smallest absolute Gasteiger partial charge is 0.329 e. The van der Waals surface area contributed by atoms with Crippen LogP contribution in [0.1, 0.15) is 29.2 Å². The van der Waals surface area contributed by atoms with Gasteiger partial charge in [-0.25, -0.2) is 9.78 Å². The lowest BCUT2D eigenvalue weighted by atomic mass is 10.0. The van der Waals surface area contributed by atoms with Crippen molar-refractivity contribution in [1.82, 2.24) is 10.3 Å². The van der Waals surface area contributed by atoms with Gasteiger partial charge in [0.05, 0.1) is 24.4 Å². The number of carbonyl (C=O) groups is 2. The quantitative estimate of drug-likeness (QED) is 0.549. The number of rotatable bonds is 8. The Labute approximate surface area is 179 Å². The number of benzene rings is 2. The van der Waals surface area contributed by atoms with Crippen molar-refractivity contribution in [2.24, 2.45) is 5.92 Å². The van der Waals surface area contributed by atoms with Crippen LogP contribution in [0.4, 0.5) is 0 Å². The predicted molar refractivity (Wildman–Crippen MR) is 115 cm³/mol. The Balaban J connectivity index is 1.68. The van der Waals surface area contributed by atoms with Gasteiger partial charge in [0.1, 0.15) is 29.2 Å². The number of hydrogen-bond acceptors (Lipinski definition) is 7. The van der Waals surface area contributed by atoms with Crippen molar-refractivity contribution >= 4 is 33.4 Å². The molecule has 8 heteroatoms. The van der Waals surface area contributed by atoms with E-state index in [9.17, 15) is 9.59 Å². The van der Waals surface area contributed by atoms with Gasteiger partial charge in [-0.2, -0.15) is 0 Å². The molecule has 0 saturated carbocycles. The molecule has 0 fully saturated rings. The molecule has 30 heavy (non-hydrogen) atoms. The summed E-state index contributed by atoms with van der Waals surface area (Å²) in [4.78, 5) is 29.9. The highest BCUT2D eigenvalue weighted by Gasteiger charge is 2.27. The second-order valence-corrected chi connectivity index (χ2v) is 8.09. The monoisotopic (exact) mass is 428 g/mol. The minimum atomic E-state index is -0.802. The molecular formula is C22H24N2O5S. The summed E-state index contributed by atoms with van der Waals surface area (Å²) in [7, 11) is 3.01. The summed E-state index contributed by atoms with van der Waals surface area (Å²) in [6.45, 7) is 3.75.